The molecule has 0 fully saturated rings. The molecule has 2 amide bonds. The van der Waals surface area contributed by atoms with Crippen LogP contribution in [0.1, 0.15) is 28.8 Å². The van der Waals surface area contributed by atoms with Crippen LogP contribution in [0.5, 0.6) is 0 Å². The third-order valence-corrected chi connectivity index (χ3v) is 7.38. The number of carbonyl (C=O) groups is 2. The highest BCUT2D eigenvalue weighted by Crippen LogP contribution is 2.35. The van der Waals surface area contributed by atoms with Crippen molar-refractivity contribution in [2.24, 2.45) is 9.98 Å². The second-order valence-electron chi connectivity index (χ2n) is 7.87. The van der Waals surface area contributed by atoms with Crippen LogP contribution in [0.4, 0.5) is 10.1 Å². The molecule has 5 rings (SSSR count). The number of nitrogens with one attached hydrogen (secondary N) is 1. The number of hydrogen-bond acceptors (Lipinski definition) is 6. The van der Waals surface area contributed by atoms with Crippen LogP contribution in [0.25, 0.3) is 0 Å². The van der Waals surface area contributed by atoms with Crippen LogP contribution in [-0.2, 0) is 21.9 Å². The normalized spacial score (nSPS) is 16.6. The van der Waals surface area contributed by atoms with Gasteiger partial charge in [-0.2, -0.15) is 0 Å². The van der Waals surface area contributed by atoms with E-state index in [2.05, 4.69) is 5.32 Å². The summed E-state index contributed by atoms with van der Waals surface area (Å²) in [4.78, 5) is 37.6. The second-order valence-corrected chi connectivity index (χ2v) is 9.84. The van der Waals surface area contributed by atoms with E-state index in [0.29, 0.717) is 29.7 Å². The quantitative estimate of drug-likeness (QED) is 0.511. The lowest BCUT2D eigenvalue weighted by Crippen LogP contribution is -2.41. The molecule has 0 saturated carbocycles. The predicted molar refractivity (Wildman–Crippen MR) is 134 cm³/mol. The monoisotopic (exact) mass is 492 g/mol. The second kappa shape index (κ2) is 9.90. The number of thioether (sulfide) groups is 1. The Morgan fingerprint density at radius 1 is 1.15 bits per heavy atom. The molecule has 1 aromatic heterocycles. The highest BCUT2D eigenvalue weighted by molar-refractivity contribution is 8.13. The Labute approximate surface area is 204 Å². The smallest absolute Gasteiger partial charge is 0.259 e. The number of fused-ring (bicyclic) bond motifs is 3. The molecule has 6 nitrogen and oxygen atoms in total. The molecule has 1 N–H and O–H groups in total. The summed E-state index contributed by atoms with van der Waals surface area (Å²) < 4.78 is 13.6. The van der Waals surface area contributed by atoms with E-state index in [-0.39, 0.29) is 24.1 Å². The lowest BCUT2D eigenvalue weighted by Gasteiger charge is -2.25. The molecule has 1 atom stereocenters. The van der Waals surface area contributed by atoms with Gasteiger partial charge in [0.05, 0.1) is 12.2 Å². The lowest BCUT2D eigenvalue weighted by atomic mass is 10.1. The Bertz CT molecular complexity index is 1290. The molecule has 0 unspecified atom stereocenters. The van der Waals surface area contributed by atoms with Crippen molar-refractivity contribution in [1.82, 2.24) is 10.2 Å². The first-order valence-corrected chi connectivity index (χ1v) is 12.7. The van der Waals surface area contributed by atoms with Gasteiger partial charge < -0.3 is 5.32 Å². The molecular formula is C25H21FN4O2S2. The topological polar surface area (TPSA) is 74.1 Å². The molecule has 34 heavy (non-hydrogen) atoms. The van der Waals surface area contributed by atoms with Crippen LogP contribution in [0.3, 0.4) is 0 Å². The fourth-order valence-corrected chi connectivity index (χ4v) is 5.40. The number of hydrogen-bond donors (Lipinski definition) is 1. The molecule has 3 aromatic rings. The zero-order valence-corrected chi connectivity index (χ0v) is 19.7. The van der Waals surface area contributed by atoms with Gasteiger partial charge in [0.25, 0.3) is 5.91 Å². The Hall–Kier alpha value is -3.30. The summed E-state index contributed by atoms with van der Waals surface area (Å²) in [6.45, 7) is 0.483. The van der Waals surface area contributed by atoms with E-state index in [1.807, 2.05) is 47.8 Å². The van der Waals surface area contributed by atoms with Crippen LogP contribution >= 0.6 is 23.1 Å². The number of rotatable bonds is 7. The number of benzene rings is 2. The van der Waals surface area contributed by atoms with Gasteiger partial charge in [-0.3, -0.25) is 14.6 Å². The van der Waals surface area contributed by atoms with Crippen LogP contribution < -0.4 is 5.32 Å². The molecule has 0 saturated heterocycles. The highest BCUT2D eigenvalue weighted by Gasteiger charge is 2.41. The number of amides is 2. The maximum absolute atomic E-state index is 13.6. The maximum Gasteiger partial charge on any atom is 0.259 e. The van der Waals surface area contributed by atoms with Crippen LogP contribution in [0.15, 0.2) is 76.0 Å². The summed E-state index contributed by atoms with van der Waals surface area (Å²) in [5.41, 5.74) is 2.33. The number of amidine groups is 2. The van der Waals surface area contributed by atoms with Crippen molar-refractivity contribution >= 4 is 51.6 Å². The van der Waals surface area contributed by atoms with Gasteiger partial charge in [0.1, 0.15) is 17.7 Å². The number of para-hydroxylation sites is 1. The zero-order chi connectivity index (χ0) is 23.5. The van der Waals surface area contributed by atoms with E-state index in [0.717, 1.165) is 21.7 Å². The summed E-state index contributed by atoms with van der Waals surface area (Å²) in [5, 5.41) is 5.37. The molecule has 2 aromatic carbocycles. The summed E-state index contributed by atoms with van der Waals surface area (Å²) in [6.07, 6.45) is 0.524. The van der Waals surface area contributed by atoms with Crippen molar-refractivity contribution in [3.8, 4) is 0 Å². The molecule has 2 aliphatic rings. The number of halogens is 1. The average molecular weight is 493 g/mol. The number of thiophene rings is 1. The minimum Gasteiger partial charge on any atom is -0.351 e. The minimum absolute atomic E-state index is 0.110. The van der Waals surface area contributed by atoms with Gasteiger partial charge in [-0.05, 0) is 47.7 Å². The zero-order valence-electron chi connectivity index (χ0n) is 18.1. The van der Waals surface area contributed by atoms with Gasteiger partial charge >= 0.3 is 0 Å². The van der Waals surface area contributed by atoms with E-state index in [4.69, 9.17) is 9.98 Å². The van der Waals surface area contributed by atoms with E-state index in [1.54, 1.807) is 22.3 Å². The molecule has 0 bridgehead atoms. The largest absolute Gasteiger partial charge is 0.351 e. The van der Waals surface area contributed by atoms with Crippen molar-refractivity contribution in [3.05, 3.63) is 87.9 Å². The van der Waals surface area contributed by atoms with E-state index < -0.39 is 6.04 Å². The standard InChI is InChI=1S/C25H21FN4O2S2/c26-17-6-3-5-16(13-17)15-34-25-29-20-9-2-1-8-19(20)23-28-21(24(32)30(23)25)10-11-22(31)27-14-18-7-4-12-33-18/h1-9,12-13,21H,10-11,14-15H2,(H,27,31)/t21-/m0/s1. The SMILES string of the molecule is O=C(CC[C@@H]1N=C2c3ccccc3N=C(SCc3cccc(F)c3)N2C1=O)NCc1cccs1. The van der Waals surface area contributed by atoms with E-state index in [9.17, 15) is 14.0 Å². The van der Waals surface area contributed by atoms with Gasteiger partial charge in [0.15, 0.2) is 5.17 Å². The Balaban J connectivity index is 1.30. The molecule has 172 valence electrons. The number of carbonyl (C=O) groups excluding carboxylic acids is 2. The predicted octanol–water partition coefficient (Wildman–Crippen LogP) is 4.88. The fourth-order valence-electron chi connectivity index (χ4n) is 3.82. The fraction of sp³-hybridized carbons (Fsp3) is 0.200. The molecule has 0 radical (unpaired) electrons. The van der Waals surface area contributed by atoms with Gasteiger partial charge in [-0.25, -0.2) is 14.3 Å². The third kappa shape index (κ3) is 4.80. The number of nitrogens with zero attached hydrogens (tertiary/aromatic N) is 3. The van der Waals surface area contributed by atoms with Crippen molar-refractivity contribution in [1.29, 1.82) is 0 Å². The Morgan fingerprint density at radius 2 is 2.03 bits per heavy atom. The average Bonchev–Trinajstić information content (AvgIpc) is 3.48. The summed E-state index contributed by atoms with van der Waals surface area (Å²) in [7, 11) is 0. The molecule has 0 aliphatic carbocycles. The first kappa shape index (κ1) is 22.5. The van der Waals surface area contributed by atoms with Gasteiger partial charge in [0.2, 0.25) is 5.91 Å². The number of aliphatic imine (C=N–C) groups is 2. The minimum atomic E-state index is -0.645. The van der Waals surface area contributed by atoms with Gasteiger partial charge in [0, 0.05) is 22.6 Å². The first-order chi connectivity index (χ1) is 16.6. The lowest BCUT2D eigenvalue weighted by molar-refractivity contribution is -0.125. The molecular weight excluding hydrogens is 471 g/mol. The molecule has 9 heteroatoms. The Kier molecular flexibility index (Phi) is 6.55. The van der Waals surface area contributed by atoms with E-state index >= 15 is 0 Å². The van der Waals surface area contributed by atoms with Crippen molar-refractivity contribution in [2.45, 2.75) is 31.2 Å². The Morgan fingerprint density at radius 3 is 2.85 bits per heavy atom. The molecule has 2 aliphatic heterocycles. The van der Waals surface area contributed by atoms with Crippen LogP contribution in [-0.4, -0.2) is 33.8 Å². The summed E-state index contributed by atoms with van der Waals surface area (Å²) in [6, 6.07) is 17.2. The molecule has 0 spiro atoms. The highest BCUT2D eigenvalue weighted by atomic mass is 32.2. The van der Waals surface area contributed by atoms with Gasteiger partial charge in [-0.1, -0.05) is 42.1 Å². The first-order valence-electron chi connectivity index (χ1n) is 10.8. The van der Waals surface area contributed by atoms with Crippen LogP contribution in [0.2, 0.25) is 0 Å². The van der Waals surface area contributed by atoms with Crippen molar-refractivity contribution in [3.63, 3.8) is 0 Å². The summed E-state index contributed by atoms with van der Waals surface area (Å²) in [5.74, 6) is 0.417. The van der Waals surface area contributed by atoms with Crippen LogP contribution in [0, 0.1) is 5.82 Å². The van der Waals surface area contributed by atoms with Crippen molar-refractivity contribution < 1.29 is 14.0 Å². The van der Waals surface area contributed by atoms with Gasteiger partial charge in [-0.15, -0.1) is 11.3 Å². The van der Waals surface area contributed by atoms with E-state index in [1.165, 1.54) is 23.9 Å². The molecule has 3 heterocycles. The third-order valence-electron chi connectivity index (χ3n) is 5.49. The van der Waals surface area contributed by atoms with Crippen molar-refractivity contribution in [2.75, 3.05) is 0 Å². The summed E-state index contributed by atoms with van der Waals surface area (Å²) >= 11 is 2.95. The maximum atomic E-state index is 13.6.